The number of hydrogen-bond acceptors (Lipinski definition) is 0. The second-order valence-electron chi connectivity index (χ2n) is 2.62. The molecule has 0 saturated heterocycles. The van der Waals surface area contributed by atoms with Crippen molar-refractivity contribution in [2.24, 2.45) is 0 Å². The fourth-order valence-electron chi connectivity index (χ4n) is 1.11. The van der Waals surface area contributed by atoms with E-state index < -0.39 is 0 Å². The topological polar surface area (TPSA) is 0 Å². The lowest BCUT2D eigenvalue weighted by Crippen LogP contribution is -2.07. The SMILES string of the molecule is CC1(Cl)CCCC1. The summed E-state index contributed by atoms with van der Waals surface area (Å²) in [4.78, 5) is 0.167. The first-order chi connectivity index (χ1) is 3.21. The Morgan fingerprint density at radius 3 is 1.86 bits per heavy atom. The predicted octanol–water partition coefficient (Wildman–Crippen LogP) is 2.56. The van der Waals surface area contributed by atoms with Crippen LogP contribution >= 0.6 is 11.6 Å². The van der Waals surface area contributed by atoms with E-state index in [-0.39, 0.29) is 4.87 Å². The number of rotatable bonds is 0. The largest absolute Gasteiger partial charge is 0.120 e. The summed E-state index contributed by atoms with van der Waals surface area (Å²) < 4.78 is 0. The second kappa shape index (κ2) is 1.66. The van der Waals surface area contributed by atoms with Gasteiger partial charge < -0.3 is 0 Å². The molecule has 0 nitrogen and oxygen atoms in total. The van der Waals surface area contributed by atoms with Crippen LogP contribution in [0.3, 0.4) is 0 Å². The zero-order valence-corrected chi connectivity index (χ0v) is 5.46. The third-order valence-electron chi connectivity index (χ3n) is 1.65. The highest BCUT2D eigenvalue weighted by molar-refractivity contribution is 6.23. The zero-order chi connectivity index (χ0) is 5.33. The molecule has 1 fully saturated rings. The lowest BCUT2D eigenvalue weighted by molar-refractivity contribution is 0.659. The third-order valence-corrected chi connectivity index (χ3v) is 2.02. The van der Waals surface area contributed by atoms with Crippen LogP contribution in [0.2, 0.25) is 0 Å². The lowest BCUT2D eigenvalue weighted by atomic mass is 10.1. The molecule has 0 heterocycles. The van der Waals surface area contributed by atoms with Crippen molar-refractivity contribution in [3.05, 3.63) is 0 Å². The molecule has 0 aromatic rings. The van der Waals surface area contributed by atoms with Gasteiger partial charge in [0.05, 0.1) is 0 Å². The Morgan fingerprint density at radius 1 is 1.29 bits per heavy atom. The maximum atomic E-state index is 5.97. The van der Waals surface area contributed by atoms with E-state index in [4.69, 9.17) is 11.6 Å². The maximum absolute atomic E-state index is 5.97. The summed E-state index contributed by atoms with van der Waals surface area (Å²) >= 11 is 5.97. The molecule has 0 aromatic heterocycles. The molecule has 1 aliphatic rings. The molecule has 1 aliphatic carbocycles. The zero-order valence-electron chi connectivity index (χ0n) is 4.71. The van der Waals surface area contributed by atoms with Gasteiger partial charge in [0.1, 0.15) is 0 Å². The van der Waals surface area contributed by atoms with E-state index in [2.05, 4.69) is 6.92 Å². The summed E-state index contributed by atoms with van der Waals surface area (Å²) in [7, 11) is 0. The summed E-state index contributed by atoms with van der Waals surface area (Å²) in [6.07, 6.45) is 5.10. The summed E-state index contributed by atoms with van der Waals surface area (Å²) in [6.45, 7) is 2.13. The van der Waals surface area contributed by atoms with Crippen LogP contribution in [-0.2, 0) is 0 Å². The Hall–Kier alpha value is 0.290. The van der Waals surface area contributed by atoms with E-state index in [1.165, 1.54) is 25.7 Å². The minimum Gasteiger partial charge on any atom is -0.120 e. The first-order valence-electron chi connectivity index (χ1n) is 2.90. The lowest BCUT2D eigenvalue weighted by Gasteiger charge is -2.10. The molecule has 0 radical (unpaired) electrons. The van der Waals surface area contributed by atoms with Gasteiger partial charge in [0.15, 0.2) is 0 Å². The van der Waals surface area contributed by atoms with E-state index in [1.54, 1.807) is 0 Å². The Balaban J connectivity index is 2.40. The van der Waals surface area contributed by atoms with Crippen LogP contribution < -0.4 is 0 Å². The number of hydrogen-bond donors (Lipinski definition) is 0. The van der Waals surface area contributed by atoms with E-state index in [9.17, 15) is 0 Å². The van der Waals surface area contributed by atoms with Gasteiger partial charge in [0, 0.05) is 4.87 Å². The summed E-state index contributed by atoms with van der Waals surface area (Å²) in [5.74, 6) is 0. The first-order valence-corrected chi connectivity index (χ1v) is 3.27. The van der Waals surface area contributed by atoms with Crippen LogP contribution in [0, 0.1) is 0 Å². The molecule has 7 heavy (non-hydrogen) atoms. The van der Waals surface area contributed by atoms with E-state index in [1.807, 2.05) is 0 Å². The highest BCUT2D eigenvalue weighted by Gasteiger charge is 2.24. The van der Waals surface area contributed by atoms with Gasteiger partial charge in [-0.05, 0) is 19.8 Å². The van der Waals surface area contributed by atoms with Crippen LogP contribution in [0.15, 0.2) is 0 Å². The average molecular weight is 119 g/mol. The van der Waals surface area contributed by atoms with Gasteiger partial charge in [-0.1, -0.05) is 12.8 Å². The van der Waals surface area contributed by atoms with Crippen LogP contribution in [0.1, 0.15) is 32.6 Å². The Labute approximate surface area is 49.9 Å². The van der Waals surface area contributed by atoms with Crippen molar-refractivity contribution in [3.8, 4) is 0 Å². The molecular weight excluding hydrogens is 108 g/mol. The van der Waals surface area contributed by atoms with Crippen LogP contribution in [0.4, 0.5) is 0 Å². The molecule has 0 N–H and O–H groups in total. The van der Waals surface area contributed by atoms with Gasteiger partial charge in [-0.2, -0.15) is 0 Å². The van der Waals surface area contributed by atoms with Gasteiger partial charge in [-0.25, -0.2) is 0 Å². The highest BCUT2D eigenvalue weighted by atomic mass is 35.5. The van der Waals surface area contributed by atoms with Crippen LogP contribution in [0.5, 0.6) is 0 Å². The van der Waals surface area contributed by atoms with Crippen LogP contribution in [0.25, 0.3) is 0 Å². The summed E-state index contributed by atoms with van der Waals surface area (Å²) in [6, 6.07) is 0. The molecule has 0 atom stereocenters. The standard InChI is InChI=1S/C6H11Cl/c1-6(7)4-2-3-5-6/h2-5H2,1H3. The Kier molecular flexibility index (Phi) is 1.29. The maximum Gasteiger partial charge on any atom is 0.0418 e. The molecule has 42 valence electrons. The molecule has 1 saturated carbocycles. The predicted molar refractivity (Wildman–Crippen MR) is 32.7 cm³/mol. The molecule has 0 bridgehead atoms. The second-order valence-corrected chi connectivity index (χ2v) is 3.53. The van der Waals surface area contributed by atoms with Gasteiger partial charge in [0.2, 0.25) is 0 Å². The van der Waals surface area contributed by atoms with E-state index >= 15 is 0 Å². The average Bonchev–Trinajstić information content (AvgIpc) is 1.84. The third kappa shape index (κ3) is 1.34. The molecule has 0 aliphatic heterocycles. The molecule has 1 rings (SSSR count). The number of alkyl halides is 1. The highest BCUT2D eigenvalue weighted by Crippen LogP contribution is 2.34. The first kappa shape index (κ1) is 5.43. The van der Waals surface area contributed by atoms with Gasteiger partial charge >= 0.3 is 0 Å². The van der Waals surface area contributed by atoms with Crippen molar-refractivity contribution >= 4 is 11.6 Å². The van der Waals surface area contributed by atoms with Crippen molar-refractivity contribution in [3.63, 3.8) is 0 Å². The van der Waals surface area contributed by atoms with Gasteiger partial charge in [-0.15, -0.1) is 11.6 Å². The smallest absolute Gasteiger partial charge is 0.0418 e. The van der Waals surface area contributed by atoms with E-state index in [0.717, 1.165) is 0 Å². The Morgan fingerprint density at radius 2 is 1.71 bits per heavy atom. The fourth-order valence-corrected chi connectivity index (χ4v) is 1.38. The van der Waals surface area contributed by atoms with Crippen LogP contribution in [-0.4, -0.2) is 4.87 Å². The van der Waals surface area contributed by atoms with Gasteiger partial charge in [-0.3, -0.25) is 0 Å². The van der Waals surface area contributed by atoms with E-state index in [0.29, 0.717) is 0 Å². The normalized spacial score (nSPS) is 28.3. The summed E-state index contributed by atoms with van der Waals surface area (Å²) in [5.41, 5.74) is 0. The molecule has 0 unspecified atom stereocenters. The fraction of sp³-hybridized carbons (Fsp3) is 1.00. The van der Waals surface area contributed by atoms with Crippen molar-refractivity contribution in [2.45, 2.75) is 37.5 Å². The molecule has 1 heteroatoms. The Bertz CT molecular complexity index is 58.6. The summed E-state index contributed by atoms with van der Waals surface area (Å²) in [5, 5.41) is 0. The minimum atomic E-state index is 0.167. The number of halogens is 1. The monoisotopic (exact) mass is 118 g/mol. The molecular formula is C6H11Cl. The van der Waals surface area contributed by atoms with Crippen molar-refractivity contribution in [1.82, 2.24) is 0 Å². The van der Waals surface area contributed by atoms with Crippen molar-refractivity contribution in [2.75, 3.05) is 0 Å². The van der Waals surface area contributed by atoms with Crippen molar-refractivity contribution in [1.29, 1.82) is 0 Å². The molecule has 0 spiro atoms. The molecule has 0 aromatic carbocycles. The molecule has 0 amide bonds. The quantitative estimate of drug-likeness (QED) is 0.429. The minimum absolute atomic E-state index is 0.167. The van der Waals surface area contributed by atoms with Gasteiger partial charge in [0.25, 0.3) is 0 Å². The van der Waals surface area contributed by atoms with Crippen molar-refractivity contribution < 1.29 is 0 Å².